The lowest BCUT2D eigenvalue weighted by molar-refractivity contribution is 1.72. The molecule has 0 bridgehead atoms. The van der Waals surface area contributed by atoms with Gasteiger partial charge in [-0.05, 0) is 38.5 Å². The van der Waals surface area contributed by atoms with Crippen molar-refractivity contribution in [2.45, 2.75) is 0 Å². The van der Waals surface area contributed by atoms with Gasteiger partial charge in [-0.3, -0.25) is 0 Å². The van der Waals surface area contributed by atoms with Gasteiger partial charge in [0.2, 0.25) is 0 Å². The molecule has 0 atom stereocenters. The van der Waals surface area contributed by atoms with Crippen LogP contribution in [0.15, 0.2) is 26.3 Å². The van der Waals surface area contributed by atoms with Gasteiger partial charge in [0.15, 0.2) is 4.48 Å². The van der Waals surface area contributed by atoms with Gasteiger partial charge in [0.25, 0.3) is 0 Å². The molecule has 8 heavy (non-hydrogen) atoms. The second-order valence-electron chi connectivity index (χ2n) is 1.35. The fourth-order valence-electron chi connectivity index (χ4n) is 0.412. The van der Waals surface area contributed by atoms with E-state index in [1.165, 1.54) is 3.58 Å². The molecule has 0 radical (unpaired) electrons. The Balaban J connectivity index is 2.89. The first kappa shape index (κ1) is 6.46. The van der Waals surface area contributed by atoms with Crippen LogP contribution in [-0.4, -0.2) is 0 Å². The number of allylic oxidation sites excluding steroid dienone is 6. The van der Waals surface area contributed by atoms with Crippen LogP contribution >= 0.6 is 38.5 Å². The van der Waals surface area contributed by atoms with Gasteiger partial charge in [-0.1, -0.05) is 0 Å². The van der Waals surface area contributed by atoms with Crippen molar-refractivity contribution < 1.29 is 0 Å². The first-order valence-corrected chi connectivity index (χ1v) is 3.99. The van der Waals surface area contributed by atoms with E-state index in [0.717, 1.165) is 4.48 Å². The quantitative estimate of drug-likeness (QED) is 0.473. The second-order valence-corrected chi connectivity index (χ2v) is 3.45. The molecule has 1 aliphatic rings. The summed E-state index contributed by atoms with van der Waals surface area (Å²) < 4.78 is 2.25. The van der Waals surface area contributed by atoms with E-state index in [-0.39, 0.29) is 0 Å². The van der Waals surface area contributed by atoms with Gasteiger partial charge < -0.3 is 0 Å². The molecule has 0 aliphatic heterocycles. The molecule has 40 valence electrons. The molecular weight excluding hydrogens is 279 g/mol. The molecule has 1 rings (SSSR count). The van der Waals surface area contributed by atoms with E-state index in [1.54, 1.807) is 0 Å². The molecule has 0 aromatic heterocycles. The Morgan fingerprint density at radius 2 is 2.38 bits per heavy atom. The van der Waals surface area contributed by atoms with Crippen molar-refractivity contribution >= 4 is 38.5 Å². The van der Waals surface area contributed by atoms with Crippen LogP contribution in [0.1, 0.15) is 0 Å². The molecule has 0 fully saturated rings. The Morgan fingerprint density at radius 3 is 2.75 bits per heavy atom. The predicted molar refractivity (Wildman–Crippen MR) is 46.9 cm³/mol. The maximum Gasteiger partial charge on any atom is 0.182 e. The second kappa shape index (κ2) is 2.76. The number of hydrogen-bond acceptors (Lipinski definition) is 0. The summed E-state index contributed by atoms with van der Waals surface area (Å²) in [7, 11) is 0. The van der Waals surface area contributed by atoms with Crippen molar-refractivity contribution in [1.82, 2.24) is 0 Å². The summed E-state index contributed by atoms with van der Waals surface area (Å²) in [6.45, 7) is 0. The molecule has 0 unspecified atom stereocenters. The molecule has 0 aromatic carbocycles. The van der Waals surface area contributed by atoms with Crippen LogP contribution in [-0.2, 0) is 0 Å². The fraction of sp³-hybridized carbons (Fsp3) is 0. The SMILES string of the molecule is BrC1=[C+]C=CC(I)=C1. The molecule has 1 aliphatic carbocycles. The van der Waals surface area contributed by atoms with E-state index in [0.29, 0.717) is 0 Å². The topological polar surface area (TPSA) is 0 Å². The summed E-state index contributed by atoms with van der Waals surface area (Å²) in [6, 6.07) is 0. The molecule has 0 spiro atoms. The lowest BCUT2D eigenvalue weighted by Gasteiger charge is -1.82. The van der Waals surface area contributed by atoms with Crippen LogP contribution in [0.5, 0.6) is 0 Å². The summed E-state index contributed by atoms with van der Waals surface area (Å²) in [4.78, 5) is 0. The van der Waals surface area contributed by atoms with Crippen molar-refractivity contribution in [3.63, 3.8) is 0 Å². The van der Waals surface area contributed by atoms with Gasteiger partial charge in [-0.15, -0.1) is 0 Å². The largest absolute Gasteiger partial charge is 0.182 e. The lowest BCUT2D eigenvalue weighted by Crippen LogP contribution is -1.71. The molecule has 0 amide bonds. The highest BCUT2D eigenvalue weighted by molar-refractivity contribution is 14.1. The highest BCUT2D eigenvalue weighted by Gasteiger charge is 2.02. The van der Waals surface area contributed by atoms with Gasteiger partial charge in [-0.2, -0.15) is 0 Å². The predicted octanol–water partition coefficient (Wildman–Crippen LogP) is 2.96. The van der Waals surface area contributed by atoms with Crippen LogP contribution in [0.3, 0.4) is 0 Å². The van der Waals surface area contributed by atoms with Crippen LogP contribution in [0.4, 0.5) is 0 Å². The molecule has 0 heterocycles. The molecule has 0 nitrogen and oxygen atoms in total. The monoisotopic (exact) mass is 281 g/mol. The number of hydrogen-bond donors (Lipinski definition) is 0. The van der Waals surface area contributed by atoms with Crippen molar-refractivity contribution in [3.05, 3.63) is 32.4 Å². The number of rotatable bonds is 0. The molecule has 0 saturated carbocycles. The Kier molecular flexibility index (Phi) is 2.23. The molecule has 2 heteroatoms. The Hall–Kier alpha value is 0.340. The zero-order chi connectivity index (χ0) is 5.98. The third-order valence-electron chi connectivity index (χ3n) is 0.728. The van der Waals surface area contributed by atoms with E-state index < -0.39 is 0 Å². The van der Waals surface area contributed by atoms with Gasteiger partial charge in [0, 0.05) is 0 Å². The maximum absolute atomic E-state index is 3.30. The van der Waals surface area contributed by atoms with E-state index in [2.05, 4.69) is 44.6 Å². The van der Waals surface area contributed by atoms with E-state index in [1.807, 2.05) is 18.2 Å². The van der Waals surface area contributed by atoms with Crippen LogP contribution < -0.4 is 0 Å². The van der Waals surface area contributed by atoms with Gasteiger partial charge in [0.05, 0.1) is 18.2 Å². The Bertz CT molecular complexity index is 174. The third kappa shape index (κ3) is 1.69. The van der Waals surface area contributed by atoms with Gasteiger partial charge in [0.1, 0.15) is 9.66 Å². The highest BCUT2D eigenvalue weighted by Crippen LogP contribution is 2.19. The van der Waals surface area contributed by atoms with Crippen LogP contribution in [0, 0.1) is 6.08 Å². The standard InChI is InChI=1S/C6H3BrI/c7-5-2-1-3-6(8)4-5/h1,3-4H/q+1. The summed E-state index contributed by atoms with van der Waals surface area (Å²) in [5.41, 5.74) is 0. The first-order valence-electron chi connectivity index (χ1n) is 2.12. The van der Waals surface area contributed by atoms with Crippen molar-refractivity contribution in [1.29, 1.82) is 0 Å². The molecule has 0 saturated heterocycles. The summed E-state index contributed by atoms with van der Waals surface area (Å²) in [6.07, 6.45) is 8.90. The van der Waals surface area contributed by atoms with E-state index >= 15 is 0 Å². The van der Waals surface area contributed by atoms with Crippen molar-refractivity contribution in [2.24, 2.45) is 0 Å². The summed E-state index contributed by atoms with van der Waals surface area (Å²) in [5, 5.41) is 0. The third-order valence-corrected chi connectivity index (χ3v) is 1.86. The maximum atomic E-state index is 3.30. The van der Waals surface area contributed by atoms with Crippen LogP contribution in [0.25, 0.3) is 0 Å². The summed E-state index contributed by atoms with van der Waals surface area (Å²) >= 11 is 5.56. The van der Waals surface area contributed by atoms with E-state index in [4.69, 9.17) is 0 Å². The molecular formula is C6H3BrI+. The minimum Gasteiger partial charge on any atom is -0.0111 e. The van der Waals surface area contributed by atoms with Crippen LogP contribution in [0.2, 0.25) is 0 Å². The fourth-order valence-corrected chi connectivity index (χ4v) is 1.71. The summed E-state index contributed by atoms with van der Waals surface area (Å²) in [5.74, 6) is 0. The van der Waals surface area contributed by atoms with Crippen molar-refractivity contribution in [3.8, 4) is 0 Å². The van der Waals surface area contributed by atoms with Gasteiger partial charge >= 0.3 is 0 Å². The van der Waals surface area contributed by atoms with Crippen molar-refractivity contribution in [2.75, 3.05) is 0 Å². The Labute approximate surface area is 70.6 Å². The zero-order valence-electron chi connectivity index (χ0n) is 3.99. The minimum absolute atomic E-state index is 1.02. The lowest BCUT2D eigenvalue weighted by atomic mass is 10.3. The molecule has 0 N–H and O–H groups in total. The first-order chi connectivity index (χ1) is 3.79. The minimum atomic E-state index is 1.02. The average Bonchev–Trinajstić information content (AvgIpc) is 1.64. The van der Waals surface area contributed by atoms with Gasteiger partial charge in [-0.25, -0.2) is 0 Å². The number of halogens is 2. The Morgan fingerprint density at radius 1 is 1.62 bits per heavy atom. The highest BCUT2D eigenvalue weighted by atomic mass is 127. The normalized spacial score (nSPS) is 16.8. The zero-order valence-corrected chi connectivity index (χ0v) is 7.73. The average molecular weight is 282 g/mol. The van der Waals surface area contributed by atoms with E-state index in [9.17, 15) is 0 Å². The smallest absolute Gasteiger partial charge is 0.0111 e. The molecule has 0 aromatic rings.